The maximum Gasteiger partial charge on any atom is 0.165 e. The molecule has 0 heterocycles. The lowest BCUT2D eigenvalue weighted by Crippen LogP contribution is -2.37. The molecular formula is C15H24ClNO2. The Kier molecular flexibility index (Phi) is 5.95. The second-order valence-corrected chi connectivity index (χ2v) is 5.56. The molecule has 0 saturated heterocycles. The Balaban J connectivity index is 3.00. The molecule has 0 aromatic heterocycles. The molecule has 3 nitrogen and oxygen atoms in total. The smallest absolute Gasteiger partial charge is 0.165 e. The van der Waals surface area contributed by atoms with E-state index in [4.69, 9.17) is 21.1 Å². The quantitative estimate of drug-likeness (QED) is 0.820. The van der Waals surface area contributed by atoms with Crippen molar-refractivity contribution < 1.29 is 9.47 Å². The first-order chi connectivity index (χ1) is 8.93. The van der Waals surface area contributed by atoms with E-state index in [0.29, 0.717) is 23.9 Å². The summed E-state index contributed by atoms with van der Waals surface area (Å²) in [5, 5.41) is 4.17. The Hall–Kier alpha value is -0.930. The summed E-state index contributed by atoms with van der Waals surface area (Å²) in [5.41, 5.74) is 1.10. The Morgan fingerprint density at radius 2 is 1.95 bits per heavy atom. The van der Waals surface area contributed by atoms with Crippen LogP contribution in [0.2, 0.25) is 5.02 Å². The molecule has 0 atom stereocenters. The predicted molar refractivity (Wildman–Crippen MR) is 80.4 cm³/mol. The van der Waals surface area contributed by atoms with Crippen molar-refractivity contribution in [3.8, 4) is 11.5 Å². The molecule has 0 amide bonds. The van der Waals surface area contributed by atoms with E-state index >= 15 is 0 Å². The van der Waals surface area contributed by atoms with Crippen LogP contribution in [0.4, 0.5) is 0 Å². The molecule has 1 aromatic carbocycles. The fourth-order valence-electron chi connectivity index (χ4n) is 1.67. The van der Waals surface area contributed by atoms with Crippen molar-refractivity contribution in [1.82, 2.24) is 5.32 Å². The molecule has 0 saturated carbocycles. The monoisotopic (exact) mass is 285 g/mol. The average Bonchev–Trinajstić information content (AvgIpc) is 2.38. The molecule has 1 aromatic rings. The molecule has 0 fully saturated rings. The highest BCUT2D eigenvalue weighted by molar-refractivity contribution is 6.30. The number of hydrogen-bond acceptors (Lipinski definition) is 3. The lowest BCUT2D eigenvalue weighted by molar-refractivity contribution is 0.303. The van der Waals surface area contributed by atoms with Gasteiger partial charge in [0.1, 0.15) is 0 Å². The van der Waals surface area contributed by atoms with E-state index < -0.39 is 0 Å². The Morgan fingerprint density at radius 1 is 1.26 bits per heavy atom. The summed E-state index contributed by atoms with van der Waals surface area (Å²) in [6.45, 7) is 9.77. The van der Waals surface area contributed by atoms with Gasteiger partial charge in [-0.05, 0) is 33.3 Å². The van der Waals surface area contributed by atoms with Crippen LogP contribution in [-0.2, 0) is 6.54 Å². The molecule has 0 spiro atoms. The second kappa shape index (κ2) is 7.01. The molecule has 1 N–H and O–H groups in total. The van der Waals surface area contributed by atoms with Crippen molar-refractivity contribution in [3.63, 3.8) is 0 Å². The number of ether oxygens (including phenoxy) is 2. The van der Waals surface area contributed by atoms with Crippen LogP contribution in [0.1, 0.15) is 39.7 Å². The van der Waals surface area contributed by atoms with Crippen LogP contribution in [-0.4, -0.2) is 19.3 Å². The summed E-state index contributed by atoms with van der Waals surface area (Å²) < 4.78 is 11.0. The van der Waals surface area contributed by atoms with Gasteiger partial charge in [0.2, 0.25) is 0 Å². The van der Waals surface area contributed by atoms with Crippen LogP contribution in [0.25, 0.3) is 0 Å². The molecule has 19 heavy (non-hydrogen) atoms. The number of rotatable bonds is 7. The third-order valence-electron chi connectivity index (χ3n) is 3.25. The zero-order valence-electron chi connectivity index (χ0n) is 12.5. The summed E-state index contributed by atoms with van der Waals surface area (Å²) >= 11 is 6.12. The van der Waals surface area contributed by atoms with Gasteiger partial charge in [0.05, 0.1) is 13.7 Å². The highest BCUT2D eigenvalue weighted by Gasteiger charge is 2.17. The standard InChI is InChI=1S/C15H24ClNO2/c1-6-15(3,4)17-10-11-8-12(16)9-13(18-5)14(11)19-7-2/h8-9,17H,6-7,10H2,1-5H3. The molecular weight excluding hydrogens is 262 g/mol. The van der Waals surface area contributed by atoms with Gasteiger partial charge in [-0.15, -0.1) is 0 Å². The fourth-order valence-corrected chi connectivity index (χ4v) is 1.90. The maximum atomic E-state index is 6.12. The number of hydrogen-bond donors (Lipinski definition) is 1. The zero-order valence-corrected chi connectivity index (χ0v) is 13.2. The molecule has 0 aliphatic heterocycles. The summed E-state index contributed by atoms with van der Waals surface area (Å²) in [4.78, 5) is 0. The third kappa shape index (κ3) is 4.59. The number of nitrogens with one attached hydrogen (secondary N) is 1. The molecule has 4 heteroatoms. The van der Waals surface area contributed by atoms with Crippen molar-refractivity contribution in [2.24, 2.45) is 0 Å². The lowest BCUT2D eigenvalue weighted by Gasteiger charge is -2.25. The van der Waals surface area contributed by atoms with Crippen molar-refractivity contribution >= 4 is 11.6 Å². The second-order valence-electron chi connectivity index (χ2n) is 5.12. The van der Waals surface area contributed by atoms with Gasteiger partial charge in [-0.3, -0.25) is 0 Å². The van der Waals surface area contributed by atoms with Gasteiger partial charge in [0.15, 0.2) is 11.5 Å². The fraction of sp³-hybridized carbons (Fsp3) is 0.600. The lowest BCUT2D eigenvalue weighted by atomic mass is 10.0. The first kappa shape index (κ1) is 16.1. The van der Waals surface area contributed by atoms with E-state index in [0.717, 1.165) is 17.7 Å². The Labute approximate surface area is 121 Å². The van der Waals surface area contributed by atoms with Crippen LogP contribution in [0.5, 0.6) is 11.5 Å². The predicted octanol–water partition coefficient (Wildman–Crippen LogP) is 4.03. The number of methoxy groups -OCH3 is 1. The molecule has 0 unspecified atom stereocenters. The minimum atomic E-state index is 0.0824. The van der Waals surface area contributed by atoms with E-state index in [9.17, 15) is 0 Å². The SMILES string of the molecule is CCOc1c(CNC(C)(C)CC)cc(Cl)cc1OC. The van der Waals surface area contributed by atoms with Crippen molar-refractivity contribution in [3.05, 3.63) is 22.7 Å². The molecule has 108 valence electrons. The van der Waals surface area contributed by atoms with Crippen molar-refractivity contribution in [2.45, 2.75) is 46.2 Å². The minimum Gasteiger partial charge on any atom is -0.493 e. The normalized spacial score (nSPS) is 11.5. The van der Waals surface area contributed by atoms with Gasteiger partial charge in [-0.1, -0.05) is 18.5 Å². The van der Waals surface area contributed by atoms with E-state index in [1.165, 1.54) is 0 Å². The molecule has 1 rings (SSSR count). The van der Waals surface area contributed by atoms with Crippen LogP contribution in [0.15, 0.2) is 12.1 Å². The van der Waals surface area contributed by atoms with E-state index in [-0.39, 0.29) is 5.54 Å². The first-order valence-electron chi connectivity index (χ1n) is 6.67. The molecule has 0 aliphatic carbocycles. The van der Waals surface area contributed by atoms with Crippen LogP contribution in [0, 0.1) is 0 Å². The first-order valence-corrected chi connectivity index (χ1v) is 7.05. The van der Waals surface area contributed by atoms with Gasteiger partial charge in [-0.2, -0.15) is 0 Å². The third-order valence-corrected chi connectivity index (χ3v) is 3.46. The summed E-state index contributed by atoms with van der Waals surface area (Å²) in [7, 11) is 1.63. The van der Waals surface area contributed by atoms with E-state index in [2.05, 4.69) is 26.1 Å². The Bertz CT molecular complexity index is 419. The Morgan fingerprint density at radius 3 is 2.47 bits per heavy atom. The highest BCUT2D eigenvalue weighted by atomic mass is 35.5. The molecule has 0 aliphatic rings. The largest absolute Gasteiger partial charge is 0.493 e. The van der Waals surface area contributed by atoms with Crippen LogP contribution >= 0.6 is 11.6 Å². The number of halogens is 1. The summed E-state index contributed by atoms with van der Waals surface area (Å²) in [5.74, 6) is 1.45. The topological polar surface area (TPSA) is 30.5 Å². The number of benzene rings is 1. The van der Waals surface area contributed by atoms with Gasteiger partial charge in [-0.25, -0.2) is 0 Å². The van der Waals surface area contributed by atoms with Crippen LogP contribution in [0.3, 0.4) is 0 Å². The van der Waals surface area contributed by atoms with E-state index in [1.807, 2.05) is 13.0 Å². The van der Waals surface area contributed by atoms with Gasteiger partial charge in [0.25, 0.3) is 0 Å². The summed E-state index contributed by atoms with van der Waals surface area (Å²) in [6.07, 6.45) is 1.05. The van der Waals surface area contributed by atoms with Crippen LogP contribution < -0.4 is 14.8 Å². The zero-order chi connectivity index (χ0) is 14.5. The van der Waals surface area contributed by atoms with Gasteiger partial charge in [0, 0.05) is 28.7 Å². The molecule has 0 radical (unpaired) electrons. The molecule has 0 bridgehead atoms. The van der Waals surface area contributed by atoms with Crippen molar-refractivity contribution in [2.75, 3.05) is 13.7 Å². The van der Waals surface area contributed by atoms with Gasteiger partial charge >= 0.3 is 0 Å². The maximum absolute atomic E-state index is 6.12. The highest BCUT2D eigenvalue weighted by Crippen LogP contribution is 2.35. The van der Waals surface area contributed by atoms with Gasteiger partial charge < -0.3 is 14.8 Å². The van der Waals surface area contributed by atoms with E-state index in [1.54, 1.807) is 13.2 Å². The summed E-state index contributed by atoms with van der Waals surface area (Å²) in [6, 6.07) is 3.70. The van der Waals surface area contributed by atoms with Crippen molar-refractivity contribution in [1.29, 1.82) is 0 Å². The minimum absolute atomic E-state index is 0.0824. The average molecular weight is 286 g/mol.